The van der Waals surface area contributed by atoms with Crippen LogP contribution < -0.4 is 15.8 Å². The molecule has 2 aliphatic rings. The molecule has 0 spiro atoms. The number of aromatic nitrogens is 3. The highest BCUT2D eigenvalue weighted by Gasteiger charge is 2.50. The van der Waals surface area contributed by atoms with Crippen LogP contribution in [0.1, 0.15) is 5.56 Å². The van der Waals surface area contributed by atoms with Gasteiger partial charge in [-0.1, -0.05) is 17.7 Å². The van der Waals surface area contributed by atoms with Gasteiger partial charge in [-0.15, -0.1) is 0 Å². The van der Waals surface area contributed by atoms with Crippen LogP contribution in [-0.2, 0) is 25.5 Å². The first-order valence-corrected chi connectivity index (χ1v) is 10.8. The van der Waals surface area contributed by atoms with Gasteiger partial charge in [0, 0.05) is 12.1 Å². The van der Waals surface area contributed by atoms with Gasteiger partial charge in [0.05, 0.1) is 23.8 Å². The zero-order valence-electron chi connectivity index (χ0n) is 17.6. The zero-order valence-corrected chi connectivity index (χ0v) is 18.4. The minimum Gasteiger partial charge on any atom is -0.456 e. The van der Waals surface area contributed by atoms with Crippen molar-refractivity contribution < 1.29 is 32.5 Å². The van der Waals surface area contributed by atoms with Crippen LogP contribution in [-0.4, -0.2) is 65.1 Å². The summed E-state index contributed by atoms with van der Waals surface area (Å²) >= 11 is 6.28. The van der Waals surface area contributed by atoms with Gasteiger partial charge in [-0.05, 0) is 18.2 Å². The van der Waals surface area contributed by atoms with E-state index in [1.807, 2.05) is 0 Å². The lowest BCUT2D eigenvalue weighted by Crippen LogP contribution is -2.36. The second kappa shape index (κ2) is 9.29. The Labute approximate surface area is 196 Å². The van der Waals surface area contributed by atoms with E-state index >= 15 is 0 Å². The average molecular weight is 496 g/mol. The summed E-state index contributed by atoms with van der Waals surface area (Å²) in [4.78, 5) is 22.6. The number of rotatable bonds is 8. The monoisotopic (exact) mass is 495 g/mol. The van der Waals surface area contributed by atoms with Crippen LogP contribution in [0, 0.1) is 11.6 Å². The number of H-pyrrole nitrogens is 1. The maximum absolute atomic E-state index is 13.9. The number of imidazole rings is 1. The lowest BCUT2D eigenvalue weighted by Gasteiger charge is -2.16. The van der Waals surface area contributed by atoms with Crippen LogP contribution in [0.25, 0.3) is 11.2 Å². The molecule has 34 heavy (non-hydrogen) atoms. The Hall–Kier alpha value is -3.06. The Bertz CT molecular complexity index is 1210. The molecule has 0 aliphatic carbocycles. The Morgan fingerprint density at radius 2 is 1.91 bits per heavy atom. The summed E-state index contributed by atoms with van der Waals surface area (Å²) in [5.74, 6) is -1.70. The van der Waals surface area contributed by atoms with E-state index in [1.54, 1.807) is 6.07 Å². The van der Waals surface area contributed by atoms with Gasteiger partial charge in [0.25, 0.3) is 6.01 Å². The predicted molar refractivity (Wildman–Crippen MR) is 115 cm³/mol. The third-order valence-electron chi connectivity index (χ3n) is 5.56. The molecule has 0 bridgehead atoms. The molecule has 180 valence electrons. The Morgan fingerprint density at radius 3 is 2.65 bits per heavy atom. The molecule has 2 fully saturated rings. The van der Waals surface area contributed by atoms with E-state index in [-0.39, 0.29) is 48.8 Å². The van der Waals surface area contributed by atoms with Gasteiger partial charge in [-0.3, -0.25) is 4.79 Å². The number of anilines is 1. The quantitative estimate of drug-likeness (QED) is 0.431. The highest BCUT2D eigenvalue weighted by atomic mass is 35.5. The molecule has 2 aliphatic heterocycles. The number of carbonyl (C=O) groups is 1. The van der Waals surface area contributed by atoms with Crippen LogP contribution in [0.3, 0.4) is 0 Å². The number of pyridine rings is 1. The SMILES string of the molecule is NC(=O)CO[C@@H]1COC2C1OC[C@H]2Oc1nc2nc(NCc3c(F)cccc3F)c(Cl)cc2[nH]1. The second-order valence-electron chi connectivity index (χ2n) is 7.85. The maximum atomic E-state index is 13.9. The van der Waals surface area contributed by atoms with Crippen molar-refractivity contribution >= 4 is 34.5 Å². The molecule has 0 radical (unpaired) electrons. The molecule has 4 N–H and O–H groups in total. The van der Waals surface area contributed by atoms with E-state index in [9.17, 15) is 13.6 Å². The first kappa shape index (κ1) is 22.7. The van der Waals surface area contributed by atoms with Gasteiger partial charge in [-0.2, -0.15) is 4.98 Å². The van der Waals surface area contributed by atoms with Gasteiger partial charge in [0.1, 0.15) is 42.4 Å². The normalized spacial score (nSPS) is 23.9. The molecule has 3 aromatic rings. The average Bonchev–Trinajstić information content (AvgIpc) is 3.48. The van der Waals surface area contributed by atoms with E-state index in [0.29, 0.717) is 11.2 Å². The number of carbonyl (C=O) groups excluding carboxylic acids is 1. The van der Waals surface area contributed by atoms with Crippen molar-refractivity contribution in [3.05, 3.63) is 46.5 Å². The minimum absolute atomic E-state index is 0.128. The second-order valence-corrected chi connectivity index (χ2v) is 8.26. The number of nitrogens with one attached hydrogen (secondary N) is 2. The summed E-state index contributed by atoms with van der Waals surface area (Å²) in [6, 6.07) is 5.40. The lowest BCUT2D eigenvalue weighted by molar-refractivity contribution is -0.126. The number of halogens is 3. The summed E-state index contributed by atoms with van der Waals surface area (Å²) in [5, 5.41) is 3.07. The summed E-state index contributed by atoms with van der Waals surface area (Å²) in [5.41, 5.74) is 5.79. The fraction of sp³-hybridized carbons (Fsp3) is 0.381. The molecule has 5 rings (SSSR count). The van der Waals surface area contributed by atoms with Crippen LogP contribution >= 0.6 is 11.6 Å². The Kier molecular flexibility index (Phi) is 6.21. The topological polar surface area (TPSA) is 134 Å². The van der Waals surface area contributed by atoms with Crippen molar-refractivity contribution in [2.45, 2.75) is 31.0 Å². The number of primary amides is 1. The van der Waals surface area contributed by atoms with Gasteiger partial charge in [0.15, 0.2) is 11.8 Å². The van der Waals surface area contributed by atoms with E-state index in [0.717, 1.165) is 0 Å². The molecular weight excluding hydrogens is 476 g/mol. The number of fused-ring (bicyclic) bond motifs is 2. The standard InChI is InChI=1S/C21H20ClF2N5O5/c22-10-4-13-20(28-19(10)26-5-9-11(23)2-1-3-12(9)24)29-21(27-13)34-15-7-33-17-14(6-32-18(15)17)31-8-16(25)30/h1-4,14-15,17-18H,5-8H2,(H2,25,30)(H2,26,27,28,29)/t14-,15-,17?,18?/m1/s1. The number of aromatic amines is 1. The third kappa shape index (κ3) is 4.49. The predicted octanol–water partition coefficient (Wildman–Crippen LogP) is 1.92. The van der Waals surface area contributed by atoms with Crippen LogP contribution in [0.5, 0.6) is 6.01 Å². The third-order valence-corrected chi connectivity index (χ3v) is 5.85. The largest absolute Gasteiger partial charge is 0.456 e. The molecule has 2 unspecified atom stereocenters. The minimum atomic E-state index is -0.673. The van der Waals surface area contributed by atoms with Crippen molar-refractivity contribution in [2.75, 3.05) is 25.1 Å². The van der Waals surface area contributed by atoms with Crippen molar-refractivity contribution in [1.29, 1.82) is 0 Å². The number of hydrogen-bond donors (Lipinski definition) is 3. The van der Waals surface area contributed by atoms with E-state index in [1.165, 1.54) is 18.2 Å². The fourth-order valence-electron chi connectivity index (χ4n) is 3.95. The molecule has 1 aromatic carbocycles. The van der Waals surface area contributed by atoms with E-state index in [4.69, 9.17) is 36.3 Å². The highest BCUT2D eigenvalue weighted by Crippen LogP contribution is 2.32. The van der Waals surface area contributed by atoms with Crippen LogP contribution in [0.15, 0.2) is 24.3 Å². The van der Waals surface area contributed by atoms with Crippen molar-refractivity contribution in [3.8, 4) is 6.01 Å². The maximum Gasteiger partial charge on any atom is 0.296 e. The summed E-state index contributed by atoms with van der Waals surface area (Å²) < 4.78 is 50.6. The van der Waals surface area contributed by atoms with Gasteiger partial charge in [0.2, 0.25) is 5.91 Å². The van der Waals surface area contributed by atoms with Gasteiger partial charge < -0.3 is 35.0 Å². The number of ether oxygens (including phenoxy) is 4. The van der Waals surface area contributed by atoms with Crippen molar-refractivity contribution in [2.24, 2.45) is 5.73 Å². The number of nitrogens with two attached hydrogens (primary N) is 1. The van der Waals surface area contributed by atoms with Gasteiger partial charge >= 0.3 is 0 Å². The van der Waals surface area contributed by atoms with Crippen molar-refractivity contribution in [1.82, 2.24) is 15.0 Å². The smallest absolute Gasteiger partial charge is 0.296 e. The number of amides is 1. The summed E-state index contributed by atoms with van der Waals surface area (Å²) in [6.45, 7) is 0.112. The molecule has 13 heteroatoms. The van der Waals surface area contributed by atoms with Crippen LogP contribution in [0.2, 0.25) is 5.02 Å². The van der Waals surface area contributed by atoms with Crippen molar-refractivity contribution in [3.63, 3.8) is 0 Å². The first-order valence-electron chi connectivity index (χ1n) is 10.4. The molecule has 0 saturated carbocycles. The number of hydrogen-bond acceptors (Lipinski definition) is 8. The molecule has 2 aromatic heterocycles. The molecule has 2 saturated heterocycles. The molecule has 4 atom stereocenters. The Balaban J connectivity index is 1.26. The number of nitrogens with zero attached hydrogens (tertiary/aromatic N) is 2. The lowest BCUT2D eigenvalue weighted by atomic mass is 10.1. The fourth-order valence-corrected chi connectivity index (χ4v) is 4.17. The van der Waals surface area contributed by atoms with E-state index in [2.05, 4.69) is 20.3 Å². The zero-order chi connectivity index (χ0) is 23.8. The highest BCUT2D eigenvalue weighted by molar-refractivity contribution is 6.33. The molecule has 4 heterocycles. The number of benzene rings is 1. The molecular formula is C21H20ClF2N5O5. The van der Waals surface area contributed by atoms with Gasteiger partial charge in [-0.25, -0.2) is 13.8 Å². The summed E-state index contributed by atoms with van der Waals surface area (Å²) in [7, 11) is 0. The van der Waals surface area contributed by atoms with Crippen LogP contribution in [0.4, 0.5) is 14.6 Å². The Morgan fingerprint density at radius 1 is 1.21 bits per heavy atom. The molecule has 1 amide bonds. The van der Waals surface area contributed by atoms with E-state index < -0.39 is 42.0 Å². The molecule has 10 nitrogen and oxygen atoms in total. The first-order chi connectivity index (χ1) is 16.4. The summed E-state index contributed by atoms with van der Waals surface area (Å²) in [6.07, 6.45) is -1.69.